The lowest BCUT2D eigenvalue weighted by molar-refractivity contribution is -0.129. The second kappa shape index (κ2) is 4.81. The number of hydrogen-bond acceptors (Lipinski definition) is 4. The van der Waals surface area contributed by atoms with Gasteiger partial charge in [0.1, 0.15) is 6.10 Å². The van der Waals surface area contributed by atoms with E-state index in [9.17, 15) is 4.79 Å². The van der Waals surface area contributed by atoms with Crippen molar-refractivity contribution in [2.24, 2.45) is 0 Å². The van der Waals surface area contributed by atoms with Crippen LogP contribution in [0.5, 0.6) is 5.88 Å². The van der Waals surface area contributed by atoms with Crippen molar-refractivity contribution >= 4 is 5.91 Å². The fourth-order valence-electron chi connectivity index (χ4n) is 2.70. The lowest BCUT2D eigenvalue weighted by Crippen LogP contribution is -2.21. The van der Waals surface area contributed by atoms with Crippen molar-refractivity contribution in [3.63, 3.8) is 0 Å². The maximum absolute atomic E-state index is 11.4. The molecular formula is C14H19N3O2. The SMILES string of the molecule is CC(=O)N1Cc2cnc(O[C@H]3CN[C@@H](C)C3)cc2C1. The maximum atomic E-state index is 11.4. The molecule has 0 aliphatic carbocycles. The van der Waals surface area contributed by atoms with Crippen LogP contribution in [-0.2, 0) is 17.9 Å². The largest absolute Gasteiger partial charge is 0.473 e. The second-order valence-electron chi connectivity index (χ2n) is 5.45. The number of fused-ring (bicyclic) bond motifs is 1. The first-order valence-electron chi connectivity index (χ1n) is 6.75. The number of rotatable bonds is 2. The highest BCUT2D eigenvalue weighted by Crippen LogP contribution is 2.26. The molecule has 102 valence electrons. The molecule has 5 nitrogen and oxygen atoms in total. The summed E-state index contributed by atoms with van der Waals surface area (Å²) in [6.07, 6.45) is 3.04. The number of aromatic nitrogens is 1. The van der Waals surface area contributed by atoms with Crippen LogP contribution >= 0.6 is 0 Å². The number of nitrogens with zero attached hydrogens (tertiary/aromatic N) is 2. The summed E-state index contributed by atoms with van der Waals surface area (Å²) in [5.41, 5.74) is 2.28. The van der Waals surface area contributed by atoms with Crippen molar-refractivity contribution < 1.29 is 9.53 Å². The minimum absolute atomic E-state index is 0.104. The average molecular weight is 261 g/mol. The van der Waals surface area contributed by atoms with Crippen LogP contribution in [-0.4, -0.2) is 34.5 Å². The van der Waals surface area contributed by atoms with Gasteiger partial charge in [0.15, 0.2) is 0 Å². The quantitative estimate of drug-likeness (QED) is 0.865. The molecule has 1 N–H and O–H groups in total. The second-order valence-corrected chi connectivity index (χ2v) is 5.45. The van der Waals surface area contributed by atoms with Gasteiger partial charge in [-0.3, -0.25) is 4.79 Å². The van der Waals surface area contributed by atoms with Gasteiger partial charge in [-0.2, -0.15) is 0 Å². The van der Waals surface area contributed by atoms with E-state index in [0.717, 1.165) is 24.1 Å². The van der Waals surface area contributed by atoms with Crippen LogP contribution in [0.2, 0.25) is 0 Å². The van der Waals surface area contributed by atoms with Gasteiger partial charge in [0.05, 0.1) is 0 Å². The van der Waals surface area contributed by atoms with Crippen molar-refractivity contribution in [3.8, 4) is 5.88 Å². The Morgan fingerprint density at radius 2 is 2.26 bits per heavy atom. The summed E-state index contributed by atoms with van der Waals surface area (Å²) >= 11 is 0. The number of carbonyl (C=O) groups is 1. The molecular weight excluding hydrogens is 242 g/mol. The predicted molar refractivity (Wildman–Crippen MR) is 70.7 cm³/mol. The summed E-state index contributed by atoms with van der Waals surface area (Å²) in [7, 11) is 0. The van der Waals surface area contributed by atoms with Crippen LogP contribution in [0.25, 0.3) is 0 Å². The van der Waals surface area contributed by atoms with Crippen LogP contribution < -0.4 is 10.1 Å². The number of hydrogen-bond donors (Lipinski definition) is 1. The lowest BCUT2D eigenvalue weighted by atomic mass is 10.2. The molecule has 1 aromatic rings. The molecule has 0 saturated carbocycles. The van der Waals surface area contributed by atoms with E-state index in [1.807, 2.05) is 17.2 Å². The van der Waals surface area contributed by atoms with E-state index in [1.54, 1.807) is 6.92 Å². The first kappa shape index (κ1) is 12.4. The molecule has 3 rings (SSSR count). The lowest BCUT2D eigenvalue weighted by Gasteiger charge is -2.12. The van der Waals surface area contributed by atoms with E-state index in [2.05, 4.69) is 17.2 Å². The Morgan fingerprint density at radius 1 is 1.47 bits per heavy atom. The van der Waals surface area contributed by atoms with Gasteiger partial charge in [-0.15, -0.1) is 0 Å². The number of ether oxygens (including phenoxy) is 1. The number of nitrogens with one attached hydrogen (secondary N) is 1. The highest BCUT2D eigenvalue weighted by atomic mass is 16.5. The summed E-state index contributed by atoms with van der Waals surface area (Å²) in [5.74, 6) is 0.775. The molecule has 2 aliphatic heterocycles. The first-order valence-corrected chi connectivity index (χ1v) is 6.75. The summed E-state index contributed by atoms with van der Waals surface area (Å²) in [5, 5.41) is 3.36. The molecule has 5 heteroatoms. The molecule has 0 unspecified atom stereocenters. The van der Waals surface area contributed by atoms with Crippen LogP contribution in [0.3, 0.4) is 0 Å². The monoisotopic (exact) mass is 261 g/mol. The molecule has 0 radical (unpaired) electrons. The first-order chi connectivity index (χ1) is 9.11. The van der Waals surface area contributed by atoms with E-state index >= 15 is 0 Å². The van der Waals surface area contributed by atoms with Gasteiger partial charge < -0.3 is 15.0 Å². The number of amides is 1. The molecule has 0 bridgehead atoms. The minimum atomic E-state index is 0.104. The molecule has 2 aliphatic rings. The Morgan fingerprint density at radius 3 is 2.95 bits per heavy atom. The Balaban J connectivity index is 1.70. The van der Waals surface area contributed by atoms with E-state index in [1.165, 1.54) is 0 Å². The number of pyridine rings is 1. The molecule has 19 heavy (non-hydrogen) atoms. The van der Waals surface area contributed by atoms with Crippen molar-refractivity contribution in [3.05, 3.63) is 23.4 Å². The van der Waals surface area contributed by atoms with Crippen molar-refractivity contribution in [1.82, 2.24) is 15.2 Å². The molecule has 2 atom stereocenters. The summed E-state index contributed by atoms with van der Waals surface area (Å²) in [6.45, 7) is 5.97. The highest BCUT2D eigenvalue weighted by molar-refractivity contribution is 5.74. The van der Waals surface area contributed by atoms with Crippen LogP contribution in [0.4, 0.5) is 0 Å². The van der Waals surface area contributed by atoms with Gasteiger partial charge in [-0.25, -0.2) is 4.98 Å². The van der Waals surface area contributed by atoms with E-state index in [4.69, 9.17) is 4.74 Å². The molecule has 0 spiro atoms. The number of carbonyl (C=O) groups excluding carboxylic acids is 1. The van der Waals surface area contributed by atoms with Gasteiger partial charge in [0.2, 0.25) is 11.8 Å². The van der Waals surface area contributed by atoms with Gasteiger partial charge in [0, 0.05) is 51.3 Å². The third-order valence-corrected chi connectivity index (χ3v) is 3.82. The Hall–Kier alpha value is -1.62. The fraction of sp³-hybridized carbons (Fsp3) is 0.571. The van der Waals surface area contributed by atoms with Gasteiger partial charge >= 0.3 is 0 Å². The molecule has 1 aromatic heterocycles. The summed E-state index contributed by atoms with van der Waals surface area (Å²) in [4.78, 5) is 17.5. The standard InChI is InChI=1S/C14H19N3O2/c1-9-3-13(6-15-9)19-14-4-11-7-17(10(2)18)8-12(11)5-16-14/h4-5,9,13,15H,3,6-8H2,1-2H3/t9-,13+/m0/s1. The fourth-order valence-corrected chi connectivity index (χ4v) is 2.70. The Bertz CT molecular complexity index is 503. The van der Waals surface area contributed by atoms with Crippen LogP contribution in [0.15, 0.2) is 12.3 Å². The van der Waals surface area contributed by atoms with Crippen molar-refractivity contribution in [1.29, 1.82) is 0 Å². The smallest absolute Gasteiger partial charge is 0.220 e. The Kier molecular flexibility index (Phi) is 3.14. The molecule has 3 heterocycles. The third-order valence-electron chi connectivity index (χ3n) is 3.82. The van der Waals surface area contributed by atoms with E-state index < -0.39 is 0 Å². The van der Waals surface area contributed by atoms with Gasteiger partial charge in [-0.1, -0.05) is 0 Å². The molecule has 1 amide bonds. The zero-order valence-electron chi connectivity index (χ0n) is 11.3. The van der Waals surface area contributed by atoms with Gasteiger partial charge in [0.25, 0.3) is 0 Å². The maximum Gasteiger partial charge on any atom is 0.220 e. The van der Waals surface area contributed by atoms with Crippen LogP contribution in [0.1, 0.15) is 31.4 Å². The molecule has 0 aromatic carbocycles. The third kappa shape index (κ3) is 2.56. The Labute approximate surface area is 113 Å². The highest BCUT2D eigenvalue weighted by Gasteiger charge is 2.25. The summed E-state index contributed by atoms with van der Waals surface area (Å²) < 4.78 is 5.89. The molecule has 1 saturated heterocycles. The summed E-state index contributed by atoms with van der Waals surface area (Å²) in [6, 6.07) is 2.48. The average Bonchev–Trinajstić information content (AvgIpc) is 2.95. The van der Waals surface area contributed by atoms with E-state index in [-0.39, 0.29) is 12.0 Å². The van der Waals surface area contributed by atoms with E-state index in [0.29, 0.717) is 25.0 Å². The topological polar surface area (TPSA) is 54.5 Å². The van der Waals surface area contributed by atoms with Crippen molar-refractivity contribution in [2.45, 2.75) is 45.5 Å². The van der Waals surface area contributed by atoms with Crippen LogP contribution in [0, 0.1) is 0 Å². The minimum Gasteiger partial charge on any atom is -0.473 e. The zero-order valence-corrected chi connectivity index (χ0v) is 11.3. The normalized spacial score (nSPS) is 25.5. The van der Waals surface area contributed by atoms with Gasteiger partial charge in [-0.05, 0) is 18.1 Å². The predicted octanol–water partition coefficient (Wildman–Crippen LogP) is 1.07. The van der Waals surface area contributed by atoms with Crippen molar-refractivity contribution in [2.75, 3.05) is 6.54 Å². The zero-order chi connectivity index (χ0) is 13.4. The molecule has 1 fully saturated rings.